The normalized spacial score (nSPS) is 14.5. The number of hydrogen-bond acceptors (Lipinski definition) is 8. The molecule has 0 atom stereocenters. The third-order valence-electron chi connectivity index (χ3n) is 5.25. The van der Waals surface area contributed by atoms with Crippen LogP contribution in [0.2, 0.25) is 0 Å². The van der Waals surface area contributed by atoms with Crippen molar-refractivity contribution < 1.29 is 22.3 Å². The highest BCUT2D eigenvalue weighted by Crippen LogP contribution is 2.32. The first-order chi connectivity index (χ1) is 16.8. The topological polar surface area (TPSA) is 87.9 Å². The molecule has 0 saturated carbocycles. The molecule has 1 fully saturated rings. The van der Waals surface area contributed by atoms with E-state index in [2.05, 4.69) is 30.5 Å². The van der Waals surface area contributed by atoms with E-state index in [9.17, 15) is 17.6 Å². The van der Waals surface area contributed by atoms with E-state index < -0.39 is 17.6 Å². The summed E-state index contributed by atoms with van der Waals surface area (Å²) in [4.78, 5) is 14.3. The summed E-state index contributed by atoms with van der Waals surface area (Å²) in [6.07, 6.45) is -2.81. The molecule has 184 valence electrons. The van der Waals surface area contributed by atoms with Crippen molar-refractivity contribution in [3.05, 3.63) is 65.4 Å². The SMILES string of the molecule is CCc1nc(CN=Nc2ncc(F)c(N3CCOCC3)n2)ccc1Nc1cccc(C(F)(F)F)c1. The molecule has 35 heavy (non-hydrogen) atoms. The Bertz CT molecular complexity index is 1200. The molecule has 1 aliphatic heterocycles. The largest absolute Gasteiger partial charge is 0.416 e. The van der Waals surface area contributed by atoms with Gasteiger partial charge in [0.05, 0.1) is 42.0 Å². The second kappa shape index (κ2) is 10.7. The number of benzene rings is 1. The molecular weight excluding hydrogens is 466 g/mol. The minimum Gasteiger partial charge on any atom is -0.378 e. The summed E-state index contributed by atoms with van der Waals surface area (Å²) in [5.74, 6) is -0.343. The van der Waals surface area contributed by atoms with Crippen LogP contribution < -0.4 is 10.2 Å². The van der Waals surface area contributed by atoms with Gasteiger partial charge in [-0.25, -0.2) is 9.37 Å². The van der Waals surface area contributed by atoms with Gasteiger partial charge in [0, 0.05) is 18.8 Å². The van der Waals surface area contributed by atoms with Gasteiger partial charge in [0.25, 0.3) is 5.95 Å². The molecule has 0 unspecified atom stereocenters. The van der Waals surface area contributed by atoms with E-state index in [0.29, 0.717) is 55.5 Å². The molecule has 1 aromatic carbocycles. The van der Waals surface area contributed by atoms with Gasteiger partial charge in [0.15, 0.2) is 11.6 Å². The summed E-state index contributed by atoms with van der Waals surface area (Å²) in [6.45, 7) is 4.05. The highest BCUT2D eigenvalue weighted by atomic mass is 19.4. The number of azo groups is 1. The van der Waals surface area contributed by atoms with E-state index in [0.717, 1.165) is 18.3 Å². The second-order valence-electron chi connectivity index (χ2n) is 7.69. The van der Waals surface area contributed by atoms with Crippen LogP contribution in [0.3, 0.4) is 0 Å². The van der Waals surface area contributed by atoms with Crippen molar-refractivity contribution in [1.82, 2.24) is 15.0 Å². The summed E-state index contributed by atoms with van der Waals surface area (Å²) >= 11 is 0. The van der Waals surface area contributed by atoms with Gasteiger partial charge in [0.1, 0.15) is 6.54 Å². The van der Waals surface area contributed by atoms with Gasteiger partial charge in [-0.05, 0) is 36.8 Å². The van der Waals surface area contributed by atoms with E-state index in [1.54, 1.807) is 23.1 Å². The molecule has 1 saturated heterocycles. The molecule has 3 aromatic rings. The number of nitrogens with zero attached hydrogens (tertiary/aromatic N) is 6. The zero-order valence-corrected chi connectivity index (χ0v) is 18.9. The lowest BCUT2D eigenvalue weighted by Gasteiger charge is -2.27. The molecule has 12 heteroatoms. The summed E-state index contributed by atoms with van der Waals surface area (Å²) in [5, 5.41) is 11.1. The molecule has 0 bridgehead atoms. The Hall–Kier alpha value is -3.67. The molecular formula is C23H23F4N7O. The lowest BCUT2D eigenvalue weighted by atomic mass is 10.1. The van der Waals surface area contributed by atoms with Gasteiger partial charge >= 0.3 is 6.18 Å². The molecule has 4 rings (SSSR count). The van der Waals surface area contributed by atoms with Crippen LogP contribution in [0.5, 0.6) is 0 Å². The van der Waals surface area contributed by atoms with E-state index >= 15 is 0 Å². The van der Waals surface area contributed by atoms with Crippen LogP contribution in [0.1, 0.15) is 23.9 Å². The molecule has 1 N–H and O–H groups in total. The van der Waals surface area contributed by atoms with Crippen LogP contribution in [0.4, 0.5) is 40.7 Å². The summed E-state index contributed by atoms with van der Waals surface area (Å²) in [6, 6.07) is 8.43. The van der Waals surface area contributed by atoms with Crippen molar-refractivity contribution in [2.24, 2.45) is 10.2 Å². The van der Waals surface area contributed by atoms with Gasteiger partial charge < -0.3 is 15.0 Å². The van der Waals surface area contributed by atoms with Crippen molar-refractivity contribution in [2.45, 2.75) is 26.1 Å². The summed E-state index contributed by atoms with van der Waals surface area (Å²) in [5.41, 5.74) is 1.46. The minimum absolute atomic E-state index is 0.0337. The number of rotatable bonds is 7. The number of halogens is 4. The Labute approximate surface area is 199 Å². The smallest absolute Gasteiger partial charge is 0.378 e. The Morgan fingerprint density at radius 3 is 2.66 bits per heavy atom. The number of nitrogens with one attached hydrogen (secondary N) is 1. The zero-order chi connectivity index (χ0) is 24.8. The van der Waals surface area contributed by atoms with Gasteiger partial charge in [-0.3, -0.25) is 4.98 Å². The van der Waals surface area contributed by atoms with Crippen LogP contribution >= 0.6 is 0 Å². The molecule has 3 heterocycles. The minimum atomic E-state index is -4.42. The van der Waals surface area contributed by atoms with Gasteiger partial charge in [-0.1, -0.05) is 13.0 Å². The Kier molecular flexibility index (Phi) is 7.49. The molecule has 2 aromatic heterocycles. The quantitative estimate of drug-likeness (QED) is 0.351. The van der Waals surface area contributed by atoms with E-state index in [1.165, 1.54) is 6.07 Å². The first-order valence-electron chi connectivity index (χ1n) is 11.0. The van der Waals surface area contributed by atoms with E-state index in [1.807, 2.05) is 6.92 Å². The predicted molar refractivity (Wildman–Crippen MR) is 122 cm³/mol. The van der Waals surface area contributed by atoms with Crippen LogP contribution in [-0.2, 0) is 23.9 Å². The third kappa shape index (κ3) is 6.27. The number of hydrogen-bond donors (Lipinski definition) is 1. The van der Waals surface area contributed by atoms with Crippen molar-refractivity contribution in [3.8, 4) is 0 Å². The molecule has 8 nitrogen and oxygen atoms in total. The van der Waals surface area contributed by atoms with Crippen LogP contribution in [0.25, 0.3) is 0 Å². The number of aromatic nitrogens is 3. The maximum Gasteiger partial charge on any atom is 0.416 e. The van der Waals surface area contributed by atoms with E-state index in [4.69, 9.17) is 4.74 Å². The maximum atomic E-state index is 14.1. The van der Waals surface area contributed by atoms with Crippen LogP contribution in [-0.4, -0.2) is 41.3 Å². The number of anilines is 3. The fourth-order valence-electron chi connectivity index (χ4n) is 3.51. The number of pyridine rings is 1. The van der Waals surface area contributed by atoms with Gasteiger partial charge in [0.2, 0.25) is 0 Å². The van der Waals surface area contributed by atoms with Crippen molar-refractivity contribution in [3.63, 3.8) is 0 Å². The standard InChI is InChI=1S/C23H23F4N7O/c1-2-19-20(30-16-5-3-4-15(12-16)23(25,26)27)7-6-17(31-19)13-29-33-22-28-14-18(24)21(32-22)34-8-10-35-11-9-34/h3-7,12,14,30H,2,8-11,13H2,1H3. The lowest BCUT2D eigenvalue weighted by Crippen LogP contribution is -2.37. The number of aryl methyl sites for hydroxylation is 1. The third-order valence-corrected chi connectivity index (χ3v) is 5.25. The number of morpholine rings is 1. The first kappa shape index (κ1) is 24.5. The van der Waals surface area contributed by atoms with Crippen molar-refractivity contribution in [2.75, 3.05) is 36.5 Å². The Balaban J connectivity index is 1.44. The average Bonchev–Trinajstić information content (AvgIpc) is 2.86. The summed E-state index contributed by atoms with van der Waals surface area (Å²) < 4.78 is 58.4. The lowest BCUT2D eigenvalue weighted by molar-refractivity contribution is -0.137. The molecule has 0 amide bonds. The monoisotopic (exact) mass is 489 g/mol. The second-order valence-corrected chi connectivity index (χ2v) is 7.69. The van der Waals surface area contributed by atoms with Crippen LogP contribution in [0, 0.1) is 5.82 Å². The van der Waals surface area contributed by atoms with Crippen molar-refractivity contribution >= 4 is 23.1 Å². The maximum absolute atomic E-state index is 14.1. The Morgan fingerprint density at radius 2 is 1.91 bits per heavy atom. The molecule has 0 aliphatic carbocycles. The molecule has 0 spiro atoms. The zero-order valence-electron chi connectivity index (χ0n) is 18.9. The molecule has 1 aliphatic rings. The number of alkyl halides is 3. The fraction of sp³-hybridized carbons (Fsp3) is 0.348. The number of ether oxygens (including phenoxy) is 1. The van der Waals surface area contributed by atoms with Gasteiger partial charge in [-0.2, -0.15) is 23.3 Å². The molecule has 0 radical (unpaired) electrons. The summed E-state index contributed by atoms with van der Waals surface area (Å²) in [7, 11) is 0. The van der Waals surface area contributed by atoms with E-state index in [-0.39, 0.29) is 18.3 Å². The van der Waals surface area contributed by atoms with Crippen molar-refractivity contribution in [1.29, 1.82) is 0 Å². The average molecular weight is 489 g/mol. The predicted octanol–water partition coefficient (Wildman–Crippen LogP) is 5.46. The first-order valence-corrected chi connectivity index (χ1v) is 11.0. The Morgan fingerprint density at radius 1 is 1.11 bits per heavy atom. The van der Waals surface area contributed by atoms with Crippen LogP contribution in [0.15, 0.2) is 52.8 Å². The fourth-order valence-corrected chi connectivity index (χ4v) is 3.51. The van der Waals surface area contributed by atoms with Gasteiger partial charge in [-0.15, -0.1) is 5.11 Å². The highest BCUT2D eigenvalue weighted by molar-refractivity contribution is 5.62. The highest BCUT2D eigenvalue weighted by Gasteiger charge is 2.30.